The maximum absolute atomic E-state index is 11.3. The molecule has 0 saturated heterocycles. The predicted molar refractivity (Wildman–Crippen MR) is 111 cm³/mol. The number of hydrazone groups is 1. The maximum atomic E-state index is 11.3. The van der Waals surface area contributed by atoms with Crippen LogP contribution in [0.5, 0.6) is 23.0 Å². The number of hydrogen-bond donors (Lipinski definition) is 2. The minimum Gasteiger partial charge on any atom is -0.495 e. The zero-order valence-electron chi connectivity index (χ0n) is 15.9. The summed E-state index contributed by atoms with van der Waals surface area (Å²) in [6.07, 6.45) is 1.53. The molecule has 2 aromatic rings. The van der Waals surface area contributed by atoms with Gasteiger partial charge in [-0.2, -0.15) is 5.10 Å². The van der Waals surface area contributed by atoms with Crippen molar-refractivity contribution in [3.8, 4) is 23.0 Å². The number of anilines is 1. The summed E-state index contributed by atoms with van der Waals surface area (Å²) in [4.78, 5) is 11.3. The molecule has 0 amide bonds. The van der Waals surface area contributed by atoms with E-state index in [9.17, 15) is 4.79 Å². The van der Waals surface area contributed by atoms with E-state index in [2.05, 4.69) is 15.8 Å². The molecule has 0 atom stereocenters. The van der Waals surface area contributed by atoms with Gasteiger partial charge in [0.2, 0.25) is 5.75 Å². The van der Waals surface area contributed by atoms with E-state index in [1.165, 1.54) is 27.4 Å². The normalized spacial score (nSPS) is 10.3. The van der Waals surface area contributed by atoms with Gasteiger partial charge in [-0.15, -0.1) is 0 Å². The minimum atomic E-state index is -0.479. The Labute approximate surface area is 168 Å². The van der Waals surface area contributed by atoms with Crippen LogP contribution >= 0.6 is 12.2 Å². The van der Waals surface area contributed by atoms with Crippen LogP contribution < -0.4 is 29.7 Å². The Balaban J connectivity index is 2.11. The molecule has 0 fully saturated rings. The molecule has 2 aromatic carbocycles. The van der Waals surface area contributed by atoms with Gasteiger partial charge in [0.05, 0.1) is 33.2 Å². The van der Waals surface area contributed by atoms with Crippen molar-refractivity contribution in [2.45, 2.75) is 6.92 Å². The van der Waals surface area contributed by atoms with Crippen molar-refractivity contribution in [2.24, 2.45) is 5.10 Å². The number of nitrogens with one attached hydrogen (secondary N) is 2. The molecule has 0 aliphatic carbocycles. The Morgan fingerprint density at radius 2 is 1.64 bits per heavy atom. The first-order chi connectivity index (χ1) is 13.5. The van der Waals surface area contributed by atoms with E-state index >= 15 is 0 Å². The lowest BCUT2D eigenvalue weighted by atomic mass is 10.2. The van der Waals surface area contributed by atoms with Gasteiger partial charge in [0.25, 0.3) is 0 Å². The predicted octanol–water partition coefficient (Wildman–Crippen LogP) is 2.96. The molecule has 2 rings (SSSR count). The van der Waals surface area contributed by atoms with Crippen LogP contribution in [0.1, 0.15) is 12.5 Å². The highest BCUT2D eigenvalue weighted by Crippen LogP contribution is 2.38. The third kappa shape index (κ3) is 5.58. The molecule has 8 nitrogen and oxygen atoms in total. The molecule has 0 bridgehead atoms. The number of ether oxygens (including phenoxy) is 4. The Hall–Kier alpha value is -3.33. The maximum Gasteiger partial charge on any atom is 0.308 e. The Morgan fingerprint density at radius 1 is 1.04 bits per heavy atom. The summed E-state index contributed by atoms with van der Waals surface area (Å²) in [5.74, 6) is 1.06. The molecule has 2 N–H and O–H groups in total. The lowest BCUT2D eigenvalue weighted by molar-refractivity contribution is -0.132. The van der Waals surface area contributed by atoms with Crippen LogP contribution in [-0.4, -0.2) is 38.6 Å². The smallest absolute Gasteiger partial charge is 0.308 e. The largest absolute Gasteiger partial charge is 0.495 e. The van der Waals surface area contributed by atoms with Gasteiger partial charge in [0, 0.05) is 12.5 Å². The van der Waals surface area contributed by atoms with Crippen molar-refractivity contribution in [1.29, 1.82) is 0 Å². The Kier molecular flexibility index (Phi) is 7.58. The molecule has 0 aliphatic heterocycles. The monoisotopic (exact) mass is 403 g/mol. The molecule has 0 aromatic heterocycles. The second kappa shape index (κ2) is 10.1. The fourth-order valence-electron chi connectivity index (χ4n) is 2.28. The third-order valence-corrected chi connectivity index (χ3v) is 3.66. The molecule has 0 spiro atoms. The van der Waals surface area contributed by atoms with E-state index in [-0.39, 0.29) is 10.9 Å². The first-order valence-electron chi connectivity index (χ1n) is 8.16. The van der Waals surface area contributed by atoms with Crippen LogP contribution in [0.3, 0.4) is 0 Å². The number of nitrogens with zero attached hydrogens (tertiary/aromatic N) is 1. The van der Waals surface area contributed by atoms with Crippen LogP contribution in [0.15, 0.2) is 41.5 Å². The molecule has 0 heterocycles. The lowest BCUT2D eigenvalue weighted by Gasteiger charge is -2.13. The number of benzene rings is 2. The van der Waals surface area contributed by atoms with Gasteiger partial charge in [-0.3, -0.25) is 10.2 Å². The molecule has 28 heavy (non-hydrogen) atoms. The number of methoxy groups -OCH3 is 3. The van der Waals surface area contributed by atoms with Crippen LogP contribution in [0.4, 0.5) is 5.69 Å². The number of carbonyl (C=O) groups is 1. The summed E-state index contributed by atoms with van der Waals surface area (Å²) in [6, 6.07) is 10.7. The average Bonchev–Trinajstić information content (AvgIpc) is 2.68. The second-order valence-electron chi connectivity index (χ2n) is 5.37. The fourth-order valence-corrected chi connectivity index (χ4v) is 2.45. The van der Waals surface area contributed by atoms with Crippen molar-refractivity contribution >= 4 is 35.2 Å². The van der Waals surface area contributed by atoms with E-state index in [1.54, 1.807) is 19.2 Å². The molecule has 0 radical (unpaired) electrons. The van der Waals surface area contributed by atoms with E-state index in [1.807, 2.05) is 24.3 Å². The molecule has 9 heteroatoms. The molecule has 0 unspecified atom stereocenters. The topological polar surface area (TPSA) is 90.4 Å². The molecule has 0 saturated carbocycles. The highest BCUT2D eigenvalue weighted by molar-refractivity contribution is 7.80. The first-order valence-corrected chi connectivity index (χ1v) is 8.56. The van der Waals surface area contributed by atoms with Gasteiger partial charge in [0.1, 0.15) is 5.75 Å². The zero-order valence-corrected chi connectivity index (χ0v) is 16.8. The van der Waals surface area contributed by atoms with Crippen LogP contribution in [-0.2, 0) is 4.79 Å². The minimum absolute atomic E-state index is 0.205. The lowest BCUT2D eigenvalue weighted by Crippen LogP contribution is -2.24. The van der Waals surface area contributed by atoms with Crippen LogP contribution in [0.2, 0.25) is 0 Å². The summed E-state index contributed by atoms with van der Waals surface area (Å²) in [6.45, 7) is 1.30. The number of rotatable bonds is 7. The van der Waals surface area contributed by atoms with Crippen LogP contribution in [0, 0.1) is 0 Å². The summed E-state index contributed by atoms with van der Waals surface area (Å²) in [5, 5.41) is 7.38. The number of esters is 1. The van der Waals surface area contributed by atoms with Gasteiger partial charge in [-0.25, -0.2) is 0 Å². The van der Waals surface area contributed by atoms with E-state index in [0.29, 0.717) is 28.5 Å². The number of para-hydroxylation sites is 2. The highest BCUT2D eigenvalue weighted by Gasteiger charge is 2.15. The van der Waals surface area contributed by atoms with Crippen LogP contribution in [0.25, 0.3) is 0 Å². The first kappa shape index (κ1) is 21.0. The SMILES string of the molecule is COc1ccccc1NC(=S)N/N=C\c1cc(OC)c(OC(C)=O)c(OC)c1. The van der Waals surface area contributed by atoms with Crippen molar-refractivity contribution in [3.05, 3.63) is 42.0 Å². The molecular formula is C19H21N3O5S. The van der Waals surface area contributed by atoms with Gasteiger partial charge in [-0.1, -0.05) is 12.1 Å². The zero-order chi connectivity index (χ0) is 20.5. The van der Waals surface area contributed by atoms with Crippen molar-refractivity contribution in [3.63, 3.8) is 0 Å². The molecular weight excluding hydrogens is 382 g/mol. The van der Waals surface area contributed by atoms with E-state index in [0.717, 1.165) is 0 Å². The highest BCUT2D eigenvalue weighted by atomic mass is 32.1. The Bertz CT molecular complexity index is 861. The summed E-state index contributed by atoms with van der Waals surface area (Å²) < 4.78 is 21.0. The number of hydrogen-bond acceptors (Lipinski definition) is 7. The average molecular weight is 403 g/mol. The third-order valence-electron chi connectivity index (χ3n) is 3.46. The van der Waals surface area contributed by atoms with E-state index < -0.39 is 5.97 Å². The van der Waals surface area contributed by atoms with Gasteiger partial charge in [0.15, 0.2) is 16.6 Å². The van der Waals surface area contributed by atoms with Crippen molar-refractivity contribution in [2.75, 3.05) is 26.6 Å². The summed E-state index contributed by atoms with van der Waals surface area (Å²) in [5.41, 5.74) is 4.08. The standard InChI is InChI=1S/C19H21N3O5S/c1-12(23)27-18-16(25-3)9-13(10-17(18)26-4)11-20-22-19(28)21-14-7-5-6-8-15(14)24-2/h5-11H,1-4H3,(H2,21,22,28)/b20-11-. The summed E-state index contributed by atoms with van der Waals surface area (Å²) in [7, 11) is 4.51. The molecule has 0 aliphatic rings. The van der Waals surface area contributed by atoms with Crippen molar-refractivity contribution < 1.29 is 23.7 Å². The Morgan fingerprint density at radius 3 is 2.21 bits per heavy atom. The quantitative estimate of drug-likeness (QED) is 0.240. The van der Waals surface area contributed by atoms with Crippen molar-refractivity contribution in [1.82, 2.24) is 5.43 Å². The fraction of sp³-hybridized carbons (Fsp3) is 0.211. The molecule has 148 valence electrons. The van der Waals surface area contributed by atoms with Gasteiger partial charge < -0.3 is 24.3 Å². The van der Waals surface area contributed by atoms with Gasteiger partial charge in [-0.05, 0) is 36.5 Å². The number of carbonyl (C=O) groups excluding carboxylic acids is 1. The second-order valence-corrected chi connectivity index (χ2v) is 5.78. The van der Waals surface area contributed by atoms with E-state index in [4.69, 9.17) is 31.2 Å². The van der Waals surface area contributed by atoms with Gasteiger partial charge >= 0.3 is 5.97 Å². The summed E-state index contributed by atoms with van der Waals surface area (Å²) >= 11 is 5.23. The number of thiocarbonyl (C=S) groups is 1.